The van der Waals surface area contributed by atoms with E-state index in [9.17, 15) is 14.7 Å². The Kier molecular flexibility index (Phi) is 7.66. The lowest BCUT2D eigenvalue weighted by Gasteiger charge is -2.55. The average molecular weight is 664 g/mol. The second kappa shape index (κ2) is 12.1. The monoisotopic (exact) mass is 663 g/mol. The van der Waals surface area contributed by atoms with Crippen LogP contribution in [0, 0.1) is 23.7 Å². The van der Waals surface area contributed by atoms with Crippen molar-refractivity contribution in [3.63, 3.8) is 0 Å². The fourth-order valence-corrected chi connectivity index (χ4v) is 9.27. The predicted molar refractivity (Wildman–Crippen MR) is 190 cm³/mol. The Morgan fingerprint density at radius 2 is 1.54 bits per heavy atom. The number of aromatic hydroxyl groups is 1. The molecule has 4 aromatic rings. The Morgan fingerprint density at radius 1 is 0.840 bits per heavy atom. The highest BCUT2D eigenvalue weighted by molar-refractivity contribution is 6.32. The van der Waals surface area contributed by atoms with Crippen molar-refractivity contribution < 1.29 is 29.0 Å². The van der Waals surface area contributed by atoms with E-state index in [0.29, 0.717) is 34.4 Å². The number of methoxy groups -OCH3 is 1. The summed E-state index contributed by atoms with van der Waals surface area (Å²) in [5.41, 5.74) is 3.45. The molecule has 4 aromatic carbocycles. The molecule has 1 saturated heterocycles. The maximum atomic E-state index is 15.1. The summed E-state index contributed by atoms with van der Waals surface area (Å²) < 4.78 is 5.38. The van der Waals surface area contributed by atoms with Gasteiger partial charge < -0.3 is 9.84 Å². The lowest BCUT2D eigenvalue weighted by atomic mass is 9.44. The molecule has 8 rings (SSSR count). The number of Topliss-reactive ketones (excluding diaryl/α,β-unsaturated/α-hetero) is 1. The fraction of sp³-hybridized carbons (Fsp3) is 0.256. The van der Waals surface area contributed by atoms with Gasteiger partial charge in [-0.15, -0.1) is 0 Å². The molecule has 1 aliphatic heterocycles. The first kappa shape index (κ1) is 31.7. The van der Waals surface area contributed by atoms with E-state index in [1.54, 1.807) is 12.1 Å². The van der Waals surface area contributed by atoms with Crippen LogP contribution in [0.4, 0.5) is 5.69 Å². The van der Waals surface area contributed by atoms with Gasteiger partial charge in [0.2, 0.25) is 11.8 Å². The molecule has 1 saturated carbocycles. The van der Waals surface area contributed by atoms with Gasteiger partial charge in [-0.2, -0.15) is 0 Å². The van der Waals surface area contributed by atoms with Gasteiger partial charge in [-0.3, -0.25) is 24.1 Å². The molecule has 0 radical (unpaired) electrons. The topological polar surface area (TPSA) is 101 Å². The number of carbonyl (C=O) groups is 4. The number of phenols is 1. The lowest BCUT2D eigenvalue weighted by Crippen LogP contribution is -2.58. The summed E-state index contributed by atoms with van der Waals surface area (Å²) in [7, 11) is 1.47. The van der Waals surface area contributed by atoms with Crippen molar-refractivity contribution >= 4 is 34.6 Å². The van der Waals surface area contributed by atoms with Crippen LogP contribution in [0.2, 0.25) is 0 Å². The van der Waals surface area contributed by atoms with Crippen molar-refractivity contribution in [3.05, 3.63) is 143 Å². The van der Waals surface area contributed by atoms with E-state index in [-0.39, 0.29) is 41.3 Å². The van der Waals surface area contributed by atoms with E-state index >= 15 is 9.59 Å². The molecule has 3 aliphatic carbocycles. The van der Waals surface area contributed by atoms with Crippen molar-refractivity contribution in [2.45, 2.75) is 37.5 Å². The second-order valence-electron chi connectivity index (χ2n) is 13.8. The van der Waals surface area contributed by atoms with Gasteiger partial charge in [0.05, 0.1) is 30.0 Å². The SMILES string of the molecule is CCc1ccc(N2C(=O)[C@H]3[C@H](CC=C4[C@H]3C[C@H]3C(=O)C(c5ccccc5)=CC(=O)[C@@]3(c3ccccc3)[C@H]4c3ccc(OC)c(O)c3)C2=O)cc1. The minimum Gasteiger partial charge on any atom is -0.504 e. The molecule has 2 fully saturated rings. The minimum atomic E-state index is -1.37. The number of carbonyl (C=O) groups excluding carboxylic acids is 4. The summed E-state index contributed by atoms with van der Waals surface area (Å²) >= 11 is 0. The van der Waals surface area contributed by atoms with Gasteiger partial charge in [0, 0.05) is 17.4 Å². The summed E-state index contributed by atoms with van der Waals surface area (Å²) in [6, 6.07) is 31.3. The van der Waals surface area contributed by atoms with Crippen LogP contribution in [0.1, 0.15) is 47.9 Å². The smallest absolute Gasteiger partial charge is 0.238 e. The van der Waals surface area contributed by atoms with Crippen molar-refractivity contribution in [2.75, 3.05) is 12.0 Å². The van der Waals surface area contributed by atoms with E-state index in [1.165, 1.54) is 18.1 Å². The lowest BCUT2D eigenvalue weighted by molar-refractivity contribution is -0.135. The van der Waals surface area contributed by atoms with Crippen molar-refractivity contribution in [1.29, 1.82) is 0 Å². The van der Waals surface area contributed by atoms with Crippen LogP contribution in [0.25, 0.3) is 5.57 Å². The third-order valence-corrected chi connectivity index (χ3v) is 11.5. The maximum absolute atomic E-state index is 15.1. The highest BCUT2D eigenvalue weighted by Gasteiger charge is 2.66. The minimum absolute atomic E-state index is 0.0925. The first-order valence-corrected chi connectivity index (χ1v) is 17.2. The van der Waals surface area contributed by atoms with Crippen molar-refractivity contribution in [3.8, 4) is 11.5 Å². The Balaban J connectivity index is 1.34. The van der Waals surface area contributed by atoms with Crippen molar-refractivity contribution in [2.24, 2.45) is 23.7 Å². The number of anilines is 1. The normalized spacial score (nSPS) is 27.2. The molecule has 2 amide bonds. The number of fused-ring (bicyclic) bond motifs is 4. The molecule has 1 N–H and O–H groups in total. The van der Waals surface area contributed by atoms with Gasteiger partial charge in [-0.25, -0.2) is 0 Å². The van der Waals surface area contributed by atoms with E-state index < -0.39 is 35.0 Å². The maximum Gasteiger partial charge on any atom is 0.238 e. The van der Waals surface area contributed by atoms with Gasteiger partial charge >= 0.3 is 0 Å². The third-order valence-electron chi connectivity index (χ3n) is 11.5. The van der Waals surface area contributed by atoms with Gasteiger partial charge in [0.15, 0.2) is 23.1 Å². The number of phenolic OH excluding ortho intramolecular Hbond substituents is 1. The zero-order chi connectivity index (χ0) is 34.7. The van der Waals surface area contributed by atoms with Crippen molar-refractivity contribution in [1.82, 2.24) is 0 Å². The molecule has 4 aliphatic rings. The van der Waals surface area contributed by atoms with E-state index in [4.69, 9.17) is 4.74 Å². The largest absolute Gasteiger partial charge is 0.504 e. The zero-order valence-corrected chi connectivity index (χ0v) is 27.9. The van der Waals surface area contributed by atoms with Crippen LogP contribution in [0.5, 0.6) is 11.5 Å². The first-order valence-electron chi connectivity index (χ1n) is 17.2. The Bertz CT molecular complexity index is 2100. The van der Waals surface area contributed by atoms with E-state index in [1.807, 2.05) is 97.1 Å². The number of ether oxygens (including phenoxy) is 1. The number of imide groups is 1. The molecular weight excluding hydrogens is 626 g/mol. The molecule has 7 nitrogen and oxygen atoms in total. The Morgan fingerprint density at radius 3 is 2.20 bits per heavy atom. The van der Waals surface area contributed by atoms with Crippen LogP contribution >= 0.6 is 0 Å². The van der Waals surface area contributed by atoms with Crippen LogP contribution in [0.15, 0.2) is 121 Å². The molecule has 250 valence electrons. The number of rotatable bonds is 6. The van der Waals surface area contributed by atoms with Gasteiger partial charge in [-0.05, 0) is 77.8 Å². The van der Waals surface area contributed by atoms with Gasteiger partial charge in [0.25, 0.3) is 0 Å². The molecule has 50 heavy (non-hydrogen) atoms. The van der Waals surface area contributed by atoms with Crippen LogP contribution in [-0.2, 0) is 31.0 Å². The number of hydrogen-bond acceptors (Lipinski definition) is 6. The summed E-state index contributed by atoms with van der Waals surface area (Å²) in [5, 5.41) is 11.1. The van der Waals surface area contributed by atoms with Gasteiger partial charge in [0.1, 0.15) is 0 Å². The van der Waals surface area contributed by atoms with E-state index in [2.05, 4.69) is 6.92 Å². The number of benzene rings is 4. The summed E-state index contributed by atoms with van der Waals surface area (Å²) in [6.07, 6.45) is 4.91. The average Bonchev–Trinajstić information content (AvgIpc) is 3.41. The summed E-state index contributed by atoms with van der Waals surface area (Å²) in [6.45, 7) is 2.05. The van der Waals surface area contributed by atoms with Crippen LogP contribution in [0.3, 0.4) is 0 Å². The molecule has 0 aromatic heterocycles. The van der Waals surface area contributed by atoms with E-state index in [0.717, 1.165) is 17.6 Å². The third kappa shape index (κ3) is 4.56. The number of hydrogen-bond donors (Lipinski definition) is 1. The summed E-state index contributed by atoms with van der Waals surface area (Å²) in [4.78, 5) is 60.1. The standard InChI is InChI=1S/C43H37NO6/c1-3-25-14-17-29(18-15-25)44-41(48)31-20-19-30-33(38(31)42(44)49)23-34-40(47)32(26-10-6-4-7-11-26)24-37(46)43(34,28-12-8-5-9-13-28)39(30)27-16-21-36(50-2)35(45)22-27/h4-19,21-22,24,31,33-34,38-39,45H,3,20,23H2,1-2H3/t31-,33+,34-,38-,39-,43-/m0/s1. The number of ketones is 2. The van der Waals surface area contributed by atoms with Gasteiger partial charge in [-0.1, -0.05) is 97.4 Å². The van der Waals surface area contributed by atoms with Crippen LogP contribution in [-0.4, -0.2) is 35.6 Å². The molecule has 1 heterocycles. The Hall–Kier alpha value is -5.56. The summed E-state index contributed by atoms with van der Waals surface area (Å²) in [5.74, 6) is -4.06. The highest BCUT2D eigenvalue weighted by Crippen LogP contribution is 2.64. The molecule has 7 heteroatoms. The highest BCUT2D eigenvalue weighted by atomic mass is 16.5. The number of nitrogens with zero attached hydrogens (tertiary/aromatic N) is 1. The quantitative estimate of drug-likeness (QED) is 0.176. The fourth-order valence-electron chi connectivity index (χ4n) is 9.27. The number of aryl methyl sites for hydroxylation is 1. The Labute approximate surface area is 290 Å². The van der Waals surface area contributed by atoms with Crippen LogP contribution < -0.4 is 9.64 Å². The molecule has 0 unspecified atom stereocenters. The number of allylic oxidation sites excluding steroid dienone is 4. The molecular formula is C43H37NO6. The molecule has 0 spiro atoms. The predicted octanol–water partition coefficient (Wildman–Crippen LogP) is 6.99. The molecule has 0 bridgehead atoms. The second-order valence-corrected chi connectivity index (χ2v) is 13.8. The number of amides is 2. The zero-order valence-electron chi connectivity index (χ0n) is 27.9. The first-order chi connectivity index (χ1) is 24.3. The molecule has 6 atom stereocenters.